The Hall–Kier alpha value is -1.84. The van der Waals surface area contributed by atoms with Crippen molar-refractivity contribution in [2.45, 2.75) is 19.8 Å². The Balaban J connectivity index is 2.56. The fourth-order valence-corrected chi connectivity index (χ4v) is 1.65. The molecule has 0 aliphatic carbocycles. The molecule has 4 heteroatoms. The highest BCUT2D eigenvalue weighted by molar-refractivity contribution is 5.96. The first-order valence-electron chi connectivity index (χ1n) is 5.81. The van der Waals surface area contributed by atoms with Crippen molar-refractivity contribution < 1.29 is 19.1 Å². The van der Waals surface area contributed by atoms with Crippen molar-refractivity contribution in [2.75, 3.05) is 14.2 Å². The zero-order valence-electron chi connectivity index (χ0n) is 10.9. The van der Waals surface area contributed by atoms with Gasteiger partial charge in [0.25, 0.3) is 0 Å². The van der Waals surface area contributed by atoms with E-state index in [1.54, 1.807) is 31.4 Å². The molecule has 1 atom stereocenters. The molecule has 0 N–H and O–H groups in total. The number of Topliss-reactive ketones (excluding diaryl/α,β-unsaturated/α-hetero) is 1. The Kier molecular flexibility index (Phi) is 5.36. The third-order valence-electron chi connectivity index (χ3n) is 2.69. The molecule has 0 aromatic heterocycles. The number of methoxy groups -OCH3 is 2. The van der Waals surface area contributed by atoms with Gasteiger partial charge in [-0.15, -0.1) is 0 Å². The monoisotopic (exact) mass is 250 g/mol. The Labute approximate surface area is 107 Å². The molecule has 0 aliphatic heterocycles. The minimum absolute atomic E-state index is 0.0212. The molecule has 1 aromatic carbocycles. The number of ketones is 1. The summed E-state index contributed by atoms with van der Waals surface area (Å²) in [6, 6.07) is 6.95. The van der Waals surface area contributed by atoms with Gasteiger partial charge in [0.2, 0.25) is 0 Å². The highest BCUT2D eigenvalue weighted by Gasteiger charge is 2.14. The molecule has 4 nitrogen and oxygen atoms in total. The molecule has 0 aliphatic rings. The second kappa shape index (κ2) is 6.79. The summed E-state index contributed by atoms with van der Waals surface area (Å²) >= 11 is 0. The van der Waals surface area contributed by atoms with Crippen LogP contribution < -0.4 is 4.74 Å². The summed E-state index contributed by atoms with van der Waals surface area (Å²) in [7, 11) is 2.93. The van der Waals surface area contributed by atoms with Crippen LogP contribution in [0.5, 0.6) is 5.75 Å². The number of rotatable bonds is 6. The van der Waals surface area contributed by atoms with Gasteiger partial charge in [0, 0.05) is 18.4 Å². The molecule has 0 heterocycles. The third kappa shape index (κ3) is 4.20. The minimum Gasteiger partial charge on any atom is -0.497 e. The predicted molar refractivity (Wildman–Crippen MR) is 67.7 cm³/mol. The van der Waals surface area contributed by atoms with E-state index >= 15 is 0 Å². The number of hydrogen-bond acceptors (Lipinski definition) is 4. The molecule has 18 heavy (non-hydrogen) atoms. The van der Waals surface area contributed by atoms with Gasteiger partial charge in [0.05, 0.1) is 14.2 Å². The molecule has 0 unspecified atom stereocenters. The summed E-state index contributed by atoms with van der Waals surface area (Å²) in [6.07, 6.45) is 0.597. The average molecular weight is 250 g/mol. The van der Waals surface area contributed by atoms with Crippen molar-refractivity contribution in [1.82, 2.24) is 0 Å². The van der Waals surface area contributed by atoms with E-state index in [1.165, 1.54) is 7.11 Å². The molecule has 0 bridgehead atoms. The van der Waals surface area contributed by atoms with E-state index in [0.717, 1.165) is 0 Å². The summed E-state index contributed by atoms with van der Waals surface area (Å²) in [5.41, 5.74) is 0.632. The second-order valence-corrected chi connectivity index (χ2v) is 4.24. The van der Waals surface area contributed by atoms with Crippen molar-refractivity contribution in [1.29, 1.82) is 0 Å². The van der Waals surface area contributed by atoms with E-state index in [-0.39, 0.29) is 24.1 Å². The average Bonchev–Trinajstić information content (AvgIpc) is 2.38. The first-order chi connectivity index (χ1) is 8.56. The molecule has 0 fully saturated rings. The van der Waals surface area contributed by atoms with E-state index in [2.05, 4.69) is 4.74 Å². The van der Waals surface area contributed by atoms with Crippen LogP contribution in [0.15, 0.2) is 24.3 Å². The molecular formula is C14H18O4. The van der Waals surface area contributed by atoms with Crippen LogP contribution in [0, 0.1) is 5.92 Å². The molecule has 0 amide bonds. The van der Waals surface area contributed by atoms with E-state index in [1.807, 2.05) is 6.92 Å². The van der Waals surface area contributed by atoms with Crippen LogP contribution in [0.2, 0.25) is 0 Å². The van der Waals surface area contributed by atoms with Gasteiger partial charge in [-0.05, 0) is 30.2 Å². The molecule has 0 spiro atoms. The van der Waals surface area contributed by atoms with Crippen molar-refractivity contribution in [3.8, 4) is 5.75 Å². The number of carbonyl (C=O) groups excluding carboxylic acids is 2. The normalized spacial score (nSPS) is 11.7. The fraction of sp³-hybridized carbons (Fsp3) is 0.429. The lowest BCUT2D eigenvalue weighted by molar-refractivity contribution is -0.141. The van der Waals surface area contributed by atoms with Crippen LogP contribution in [-0.4, -0.2) is 26.0 Å². The van der Waals surface area contributed by atoms with Crippen LogP contribution >= 0.6 is 0 Å². The number of hydrogen-bond donors (Lipinski definition) is 0. The maximum absolute atomic E-state index is 11.9. The Bertz CT molecular complexity index is 408. The van der Waals surface area contributed by atoms with Crippen molar-refractivity contribution >= 4 is 11.8 Å². The molecular weight excluding hydrogens is 232 g/mol. The van der Waals surface area contributed by atoms with Gasteiger partial charge in [0.15, 0.2) is 5.78 Å². The Morgan fingerprint density at radius 1 is 1.11 bits per heavy atom. The van der Waals surface area contributed by atoms with Gasteiger partial charge >= 0.3 is 5.97 Å². The van der Waals surface area contributed by atoms with Crippen LogP contribution in [0.25, 0.3) is 0 Å². The topological polar surface area (TPSA) is 52.6 Å². The summed E-state index contributed by atoms with van der Waals surface area (Å²) in [4.78, 5) is 23.0. The SMILES string of the molecule is COC(=O)C[C@H](C)CC(=O)c1ccc(OC)cc1. The van der Waals surface area contributed by atoms with E-state index < -0.39 is 0 Å². The lowest BCUT2D eigenvalue weighted by atomic mass is 9.97. The summed E-state index contributed by atoms with van der Waals surface area (Å²) in [5.74, 6) is 0.431. The van der Waals surface area contributed by atoms with Crippen molar-refractivity contribution in [2.24, 2.45) is 5.92 Å². The third-order valence-corrected chi connectivity index (χ3v) is 2.69. The van der Waals surface area contributed by atoms with Gasteiger partial charge in [-0.25, -0.2) is 0 Å². The highest BCUT2D eigenvalue weighted by atomic mass is 16.5. The van der Waals surface area contributed by atoms with Gasteiger partial charge in [-0.3, -0.25) is 9.59 Å². The number of ether oxygens (including phenoxy) is 2. The Morgan fingerprint density at radius 3 is 2.22 bits per heavy atom. The first-order valence-corrected chi connectivity index (χ1v) is 5.81. The fourth-order valence-electron chi connectivity index (χ4n) is 1.65. The quantitative estimate of drug-likeness (QED) is 0.575. The summed E-state index contributed by atoms with van der Waals surface area (Å²) < 4.78 is 9.60. The molecule has 0 saturated heterocycles. The maximum atomic E-state index is 11.9. The van der Waals surface area contributed by atoms with Crippen LogP contribution in [0.4, 0.5) is 0 Å². The van der Waals surface area contributed by atoms with Crippen LogP contribution in [-0.2, 0) is 9.53 Å². The number of carbonyl (C=O) groups is 2. The summed E-state index contributed by atoms with van der Waals surface area (Å²) in [5, 5.41) is 0. The van der Waals surface area contributed by atoms with Gasteiger partial charge < -0.3 is 9.47 Å². The zero-order valence-corrected chi connectivity index (χ0v) is 10.9. The number of esters is 1. The predicted octanol–water partition coefficient (Wildman–Crippen LogP) is 2.47. The molecule has 1 aromatic rings. The molecule has 98 valence electrons. The highest BCUT2D eigenvalue weighted by Crippen LogP contribution is 2.16. The largest absolute Gasteiger partial charge is 0.497 e. The second-order valence-electron chi connectivity index (χ2n) is 4.24. The van der Waals surface area contributed by atoms with Crippen molar-refractivity contribution in [3.05, 3.63) is 29.8 Å². The molecule has 0 saturated carbocycles. The van der Waals surface area contributed by atoms with Gasteiger partial charge in [-0.1, -0.05) is 6.92 Å². The van der Waals surface area contributed by atoms with Gasteiger partial charge in [-0.2, -0.15) is 0 Å². The molecule has 0 radical (unpaired) electrons. The Morgan fingerprint density at radius 2 is 1.72 bits per heavy atom. The lowest BCUT2D eigenvalue weighted by Gasteiger charge is -2.09. The van der Waals surface area contributed by atoms with Gasteiger partial charge in [0.1, 0.15) is 5.75 Å². The smallest absolute Gasteiger partial charge is 0.305 e. The number of benzene rings is 1. The maximum Gasteiger partial charge on any atom is 0.305 e. The lowest BCUT2D eigenvalue weighted by Crippen LogP contribution is -2.11. The minimum atomic E-state index is -0.287. The summed E-state index contributed by atoms with van der Waals surface area (Å²) in [6.45, 7) is 1.86. The van der Waals surface area contributed by atoms with Crippen LogP contribution in [0.1, 0.15) is 30.1 Å². The van der Waals surface area contributed by atoms with Crippen LogP contribution in [0.3, 0.4) is 0 Å². The zero-order chi connectivity index (χ0) is 13.5. The molecule has 1 rings (SSSR count). The van der Waals surface area contributed by atoms with Crippen molar-refractivity contribution in [3.63, 3.8) is 0 Å². The standard InChI is InChI=1S/C14H18O4/c1-10(9-14(16)18-3)8-13(15)11-4-6-12(17-2)7-5-11/h4-7,10H,8-9H2,1-3H3/t10-/m1/s1. The van der Waals surface area contributed by atoms with E-state index in [4.69, 9.17) is 4.74 Å². The van der Waals surface area contributed by atoms with E-state index in [9.17, 15) is 9.59 Å². The first kappa shape index (κ1) is 14.2. The van der Waals surface area contributed by atoms with E-state index in [0.29, 0.717) is 17.7 Å².